The lowest BCUT2D eigenvalue weighted by atomic mass is 10.1. The maximum absolute atomic E-state index is 12.7. The number of carbonyl (C=O) groups is 1. The molecule has 0 saturated carbocycles. The normalized spacial score (nSPS) is 10.4. The number of nitrogens with zero attached hydrogens (tertiary/aromatic N) is 2. The second-order valence-electron chi connectivity index (χ2n) is 3.60. The van der Waals surface area contributed by atoms with Gasteiger partial charge in [-0.3, -0.25) is 4.79 Å². The number of hydrogen-bond acceptors (Lipinski definition) is 2. The summed E-state index contributed by atoms with van der Waals surface area (Å²) in [4.78, 5) is 15.7. The van der Waals surface area contributed by atoms with Gasteiger partial charge in [0, 0.05) is 24.5 Å². The lowest BCUT2D eigenvalue weighted by molar-refractivity contribution is 0.0991. The van der Waals surface area contributed by atoms with Gasteiger partial charge in [0.05, 0.1) is 12.7 Å². The van der Waals surface area contributed by atoms with Crippen molar-refractivity contribution in [1.82, 2.24) is 9.55 Å². The highest BCUT2D eigenvalue weighted by Crippen LogP contribution is 2.08. The van der Waals surface area contributed by atoms with Crippen LogP contribution in [0.15, 0.2) is 36.8 Å². The Labute approximate surface area is 92.5 Å². The van der Waals surface area contributed by atoms with Crippen LogP contribution in [0.1, 0.15) is 16.1 Å². The van der Waals surface area contributed by atoms with Gasteiger partial charge in [-0.15, -0.1) is 0 Å². The molecule has 1 aromatic carbocycles. The minimum atomic E-state index is -0.336. The number of halogens is 1. The summed E-state index contributed by atoms with van der Waals surface area (Å²) in [6.45, 7) is 0. The van der Waals surface area contributed by atoms with Crippen LogP contribution in [-0.2, 0) is 13.5 Å². The molecule has 0 N–H and O–H groups in total. The Morgan fingerprint density at radius 1 is 1.38 bits per heavy atom. The predicted octanol–water partition coefficient (Wildman–Crippen LogP) is 1.98. The van der Waals surface area contributed by atoms with Crippen molar-refractivity contribution in [2.75, 3.05) is 0 Å². The highest BCUT2D eigenvalue weighted by Gasteiger charge is 2.09. The first kappa shape index (κ1) is 10.5. The average molecular weight is 218 g/mol. The smallest absolute Gasteiger partial charge is 0.168 e. The molecule has 1 aromatic heterocycles. The van der Waals surface area contributed by atoms with Gasteiger partial charge in [-0.05, 0) is 24.3 Å². The summed E-state index contributed by atoms with van der Waals surface area (Å²) < 4.78 is 14.5. The molecule has 0 amide bonds. The van der Waals surface area contributed by atoms with E-state index in [1.807, 2.05) is 7.05 Å². The molecule has 0 atom stereocenters. The van der Waals surface area contributed by atoms with Crippen molar-refractivity contribution in [3.8, 4) is 0 Å². The van der Waals surface area contributed by atoms with Crippen LogP contribution < -0.4 is 0 Å². The molecule has 82 valence electrons. The zero-order chi connectivity index (χ0) is 11.5. The van der Waals surface area contributed by atoms with Gasteiger partial charge in [0.2, 0.25) is 0 Å². The maximum Gasteiger partial charge on any atom is 0.168 e. The van der Waals surface area contributed by atoms with Crippen LogP contribution in [0.4, 0.5) is 4.39 Å². The molecule has 0 aliphatic rings. The molecule has 0 unspecified atom stereocenters. The standard InChI is InChI=1S/C12H11FN2O/c1-15-8-14-7-11(15)6-12(16)9-2-4-10(13)5-3-9/h2-5,7-8H,6H2,1H3. The number of Topliss-reactive ketones (excluding diaryl/α,β-unsaturated/α-hetero) is 1. The zero-order valence-corrected chi connectivity index (χ0v) is 8.85. The summed E-state index contributed by atoms with van der Waals surface area (Å²) in [7, 11) is 1.83. The fourth-order valence-electron chi connectivity index (χ4n) is 1.46. The summed E-state index contributed by atoms with van der Waals surface area (Å²) in [6.07, 6.45) is 3.58. The van der Waals surface area contributed by atoms with Gasteiger partial charge in [-0.1, -0.05) is 0 Å². The van der Waals surface area contributed by atoms with Crippen LogP contribution in [0.25, 0.3) is 0 Å². The number of imidazole rings is 1. The van der Waals surface area contributed by atoms with E-state index in [9.17, 15) is 9.18 Å². The first-order chi connectivity index (χ1) is 7.66. The molecule has 4 heteroatoms. The van der Waals surface area contributed by atoms with Crippen LogP contribution in [0.2, 0.25) is 0 Å². The van der Waals surface area contributed by atoms with Crippen molar-refractivity contribution in [3.05, 3.63) is 53.9 Å². The quantitative estimate of drug-likeness (QED) is 0.738. The molecular weight excluding hydrogens is 207 g/mol. The third-order valence-corrected chi connectivity index (χ3v) is 2.42. The van der Waals surface area contributed by atoms with Crippen LogP contribution in [-0.4, -0.2) is 15.3 Å². The van der Waals surface area contributed by atoms with E-state index in [0.717, 1.165) is 5.69 Å². The Kier molecular flexibility index (Phi) is 2.81. The Hall–Kier alpha value is -1.97. The molecule has 0 bridgehead atoms. The number of rotatable bonds is 3. The van der Waals surface area contributed by atoms with Gasteiger partial charge in [-0.25, -0.2) is 9.37 Å². The van der Waals surface area contributed by atoms with Gasteiger partial charge in [0.15, 0.2) is 5.78 Å². The van der Waals surface area contributed by atoms with Crippen molar-refractivity contribution in [2.24, 2.45) is 7.05 Å². The molecule has 2 rings (SSSR count). The van der Waals surface area contributed by atoms with Crippen molar-refractivity contribution in [3.63, 3.8) is 0 Å². The first-order valence-electron chi connectivity index (χ1n) is 4.91. The third-order valence-electron chi connectivity index (χ3n) is 2.42. The summed E-state index contributed by atoms with van der Waals surface area (Å²) in [5, 5.41) is 0. The molecule has 3 nitrogen and oxygen atoms in total. The van der Waals surface area contributed by atoms with E-state index in [-0.39, 0.29) is 18.0 Å². The number of aromatic nitrogens is 2. The fraction of sp³-hybridized carbons (Fsp3) is 0.167. The third kappa shape index (κ3) is 2.16. The second kappa shape index (κ2) is 4.26. The van der Waals surface area contributed by atoms with E-state index in [1.54, 1.807) is 17.1 Å². The predicted molar refractivity (Wildman–Crippen MR) is 57.6 cm³/mol. The van der Waals surface area contributed by atoms with E-state index < -0.39 is 0 Å². The Morgan fingerprint density at radius 2 is 2.06 bits per heavy atom. The lowest BCUT2D eigenvalue weighted by Crippen LogP contribution is -2.06. The van der Waals surface area contributed by atoms with Gasteiger partial charge in [0.1, 0.15) is 5.82 Å². The van der Waals surface area contributed by atoms with E-state index in [4.69, 9.17) is 0 Å². The molecular formula is C12H11FN2O. The van der Waals surface area contributed by atoms with Crippen molar-refractivity contribution in [1.29, 1.82) is 0 Å². The SMILES string of the molecule is Cn1cncc1CC(=O)c1ccc(F)cc1. The molecule has 0 aliphatic carbocycles. The molecule has 0 aliphatic heterocycles. The topological polar surface area (TPSA) is 34.9 Å². The number of carbonyl (C=O) groups excluding carboxylic acids is 1. The largest absolute Gasteiger partial charge is 0.337 e. The minimum absolute atomic E-state index is 0.0383. The van der Waals surface area contributed by atoms with Crippen LogP contribution in [0, 0.1) is 5.82 Å². The average Bonchev–Trinajstić information content (AvgIpc) is 2.65. The zero-order valence-electron chi connectivity index (χ0n) is 8.85. The van der Waals surface area contributed by atoms with Crippen molar-refractivity contribution in [2.45, 2.75) is 6.42 Å². The van der Waals surface area contributed by atoms with E-state index >= 15 is 0 Å². The summed E-state index contributed by atoms with van der Waals surface area (Å²) in [6, 6.07) is 5.56. The van der Waals surface area contributed by atoms with E-state index in [2.05, 4.69) is 4.98 Å². The molecule has 0 fully saturated rings. The molecule has 16 heavy (non-hydrogen) atoms. The van der Waals surface area contributed by atoms with Gasteiger partial charge in [-0.2, -0.15) is 0 Å². The Morgan fingerprint density at radius 3 is 2.62 bits per heavy atom. The van der Waals surface area contributed by atoms with E-state index in [0.29, 0.717) is 5.56 Å². The van der Waals surface area contributed by atoms with Crippen molar-refractivity contribution >= 4 is 5.78 Å². The molecule has 0 spiro atoms. The van der Waals surface area contributed by atoms with Crippen LogP contribution in [0.3, 0.4) is 0 Å². The highest BCUT2D eigenvalue weighted by atomic mass is 19.1. The molecule has 0 saturated heterocycles. The Balaban J connectivity index is 2.15. The fourth-order valence-corrected chi connectivity index (χ4v) is 1.46. The second-order valence-corrected chi connectivity index (χ2v) is 3.60. The van der Waals surface area contributed by atoms with Gasteiger partial charge < -0.3 is 4.57 Å². The summed E-state index contributed by atoms with van der Waals surface area (Å²) in [5.41, 5.74) is 1.36. The summed E-state index contributed by atoms with van der Waals surface area (Å²) in [5.74, 6) is -0.374. The van der Waals surface area contributed by atoms with Crippen molar-refractivity contribution < 1.29 is 9.18 Å². The van der Waals surface area contributed by atoms with Gasteiger partial charge in [0.25, 0.3) is 0 Å². The van der Waals surface area contributed by atoms with Crippen LogP contribution >= 0.6 is 0 Å². The number of ketones is 1. The monoisotopic (exact) mass is 218 g/mol. The summed E-state index contributed by atoms with van der Waals surface area (Å²) >= 11 is 0. The highest BCUT2D eigenvalue weighted by molar-refractivity contribution is 5.97. The Bertz CT molecular complexity index is 502. The minimum Gasteiger partial charge on any atom is -0.337 e. The number of benzene rings is 1. The lowest BCUT2D eigenvalue weighted by Gasteiger charge is -2.01. The van der Waals surface area contributed by atoms with E-state index in [1.165, 1.54) is 24.3 Å². The maximum atomic E-state index is 12.7. The van der Waals surface area contributed by atoms with Crippen LogP contribution in [0.5, 0.6) is 0 Å². The first-order valence-corrected chi connectivity index (χ1v) is 4.91. The molecule has 2 aromatic rings. The molecule has 1 heterocycles. The molecule has 0 radical (unpaired) electrons. The van der Waals surface area contributed by atoms with Gasteiger partial charge >= 0.3 is 0 Å². The number of aryl methyl sites for hydroxylation is 1. The number of hydrogen-bond donors (Lipinski definition) is 0.